The van der Waals surface area contributed by atoms with Crippen LogP contribution < -0.4 is 4.90 Å². The Morgan fingerprint density at radius 1 is 0.931 bits per heavy atom. The zero-order chi connectivity index (χ0) is 20.5. The van der Waals surface area contributed by atoms with Gasteiger partial charge in [0.05, 0.1) is 11.6 Å². The molecule has 0 aliphatic carbocycles. The van der Waals surface area contributed by atoms with Crippen LogP contribution in [0.15, 0.2) is 84.4 Å². The van der Waals surface area contributed by atoms with E-state index in [1.54, 1.807) is 60.7 Å². The van der Waals surface area contributed by atoms with Crippen LogP contribution in [0.3, 0.4) is 0 Å². The topological polar surface area (TPSA) is 57.6 Å². The highest BCUT2D eigenvalue weighted by molar-refractivity contribution is 6.51. The van der Waals surface area contributed by atoms with Gasteiger partial charge in [-0.3, -0.25) is 14.5 Å². The molecule has 4 rings (SSSR count). The van der Waals surface area contributed by atoms with Crippen LogP contribution in [0.4, 0.5) is 10.1 Å². The van der Waals surface area contributed by atoms with E-state index < -0.39 is 23.5 Å². The van der Waals surface area contributed by atoms with E-state index >= 15 is 0 Å². The van der Waals surface area contributed by atoms with E-state index in [4.69, 9.17) is 0 Å². The number of benzene rings is 3. The van der Waals surface area contributed by atoms with Gasteiger partial charge in [-0.05, 0) is 36.8 Å². The van der Waals surface area contributed by atoms with Crippen LogP contribution in [-0.4, -0.2) is 16.8 Å². The first kappa shape index (κ1) is 18.6. The van der Waals surface area contributed by atoms with Gasteiger partial charge in [0, 0.05) is 11.3 Å². The molecular weight excluding hydrogens is 369 g/mol. The van der Waals surface area contributed by atoms with Gasteiger partial charge >= 0.3 is 0 Å². The molecular formula is C24H18FNO3. The van der Waals surface area contributed by atoms with E-state index in [2.05, 4.69) is 0 Å². The molecule has 1 atom stereocenters. The lowest BCUT2D eigenvalue weighted by Gasteiger charge is -2.25. The molecule has 0 radical (unpaired) electrons. The van der Waals surface area contributed by atoms with E-state index in [1.165, 1.54) is 23.1 Å². The van der Waals surface area contributed by atoms with Crippen LogP contribution in [0.2, 0.25) is 0 Å². The third-order valence-corrected chi connectivity index (χ3v) is 4.97. The zero-order valence-corrected chi connectivity index (χ0v) is 15.7. The monoisotopic (exact) mass is 387 g/mol. The number of aryl methyl sites for hydroxylation is 1. The average molecular weight is 387 g/mol. The summed E-state index contributed by atoms with van der Waals surface area (Å²) in [5, 5.41) is 11.0. The minimum atomic E-state index is -0.936. The summed E-state index contributed by atoms with van der Waals surface area (Å²) in [5.41, 5.74) is 2.25. The van der Waals surface area contributed by atoms with Crippen molar-refractivity contribution < 1.29 is 19.1 Å². The number of Topliss-reactive ketones (excluding diaryl/α,β-unsaturated/α-hetero) is 1. The van der Waals surface area contributed by atoms with Crippen molar-refractivity contribution in [2.45, 2.75) is 13.0 Å². The van der Waals surface area contributed by atoms with Gasteiger partial charge in [0.25, 0.3) is 11.7 Å². The summed E-state index contributed by atoms with van der Waals surface area (Å²) in [5.74, 6) is -2.34. The predicted octanol–water partition coefficient (Wildman–Crippen LogP) is 4.76. The summed E-state index contributed by atoms with van der Waals surface area (Å²) < 4.78 is 14.0. The number of anilines is 1. The van der Waals surface area contributed by atoms with E-state index in [9.17, 15) is 19.1 Å². The van der Waals surface area contributed by atoms with Gasteiger partial charge in [-0.1, -0.05) is 60.2 Å². The fraction of sp³-hybridized carbons (Fsp3) is 0.0833. The highest BCUT2D eigenvalue weighted by Gasteiger charge is 2.46. The second kappa shape index (κ2) is 7.36. The number of nitrogens with zero attached hydrogens (tertiary/aromatic N) is 1. The van der Waals surface area contributed by atoms with Gasteiger partial charge < -0.3 is 5.11 Å². The number of carbonyl (C=O) groups is 2. The average Bonchev–Trinajstić information content (AvgIpc) is 2.99. The zero-order valence-electron chi connectivity index (χ0n) is 15.7. The lowest BCUT2D eigenvalue weighted by molar-refractivity contribution is -0.132. The molecule has 1 fully saturated rings. The molecule has 1 saturated heterocycles. The first-order valence-electron chi connectivity index (χ1n) is 9.16. The predicted molar refractivity (Wildman–Crippen MR) is 109 cm³/mol. The van der Waals surface area contributed by atoms with Crippen LogP contribution in [0.25, 0.3) is 5.76 Å². The molecule has 1 aliphatic rings. The summed E-state index contributed by atoms with van der Waals surface area (Å²) >= 11 is 0. The third-order valence-electron chi connectivity index (χ3n) is 4.97. The maximum Gasteiger partial charge on any atom is 0.300 e. The Morgan fingerprint density at radius 3 is 2.28 bits per heavy atom. The van der Waals surface area contributed by atoms with Gasteiger partial charge in [0.2, 0.25) is 0 Å². The quantitative estimate of drug-likeness (QED) is 0.400. The molecule has 1 aliphatic heterocycles. The number of hydrogen-bond donors (Lipinski definition) is 1. The number of aliphatic hydroxyl groups excluding tert-OH is 1. The van der Waals surface area contributed by atoms with Crippen molar-refractivity contribution in [3.05, 3.63) is 107 Å². The molecule has 144 valence electrons. The van der Waals surface area contributed by atoms with Crippen LogP contribution in [0.1, 0.15) is 22.7 Å². The number of hydrogen-bond acceptors (Lipinski definition) is 3. The number of ketones is 1. The fourth-order valence-electron chi connectivity index (χ4n) is 3.55. The van der Waals surface area contributed by atoms with Crippen molar-refractivity contribution in [3.63, 3.8) is 0 Å². The number of halogens is 1. The van der Waals surface area contributed by atoms with Crippen LogP contribution in [-0.2, 0) is 9.59 Å². The van der Waals surface area contributed by atoms with Crippen LogP contribution in [0.5, 0.6) is 0 Å². The Labute approximate surface area is 167 Å². The van der Waals surface area contributed by atoms with Gasteiger partial charge in [-0.25, -0.2) is 4.39 Å². The minimum absolute atomic E-state index is 0.0618. The summed E-state index contributed by atoms with van der Waals surface area (Å²) in [7, 11) is 0. The van der Waals surface area contributed by atoms with Crippen molar-refractivity contribution in [1.29, 1.82) is 0 Å². The molecule has 1 heterocycles. The Balaban J connectivity index is 1.95. The van der Waals surface area contributed by atoms with Crippen molar-refractivity contribution in [3.8, 4) is 0 Å². The van der Waals surface area contributed by atoms with Gasteiger partial charge in [0.1, 0.15) is 11.6 Å². The summed E-state index contributed by atoms with van der Waals surface area (Å²) in [6, 6.07) is 20.4. The minimum Gasteiger partial charge on any atom is -0.507 e. The van der Waals surface area contributed by atoms with Crippen LogP contribution >= 0.6 is 0 Å². The number of amides is 1. The lowest BCUT2D eigenvalue weighted by Crippen LogP contribution is -2.29. The Bertz CT molecular complexity index is 1120. The molecule has 29 heavy (non-hydrogen) atoms. The number of para-hydroxylation sites is 1. The first-order chi connectivity index (χ1) is 14.0. The summed E-state index contributed by atoms with van der Waals surface area (Å²) in [6.07, 6.45) is 0. The highest BCUT2D eigenvalue weighted by atomic mass is 19.1. The second-order valence-corrected chi connectivity index (χ2v) is 6.93. The SMILES string of the molecule is Cc1ccc(C(O)=C2C(=O)C(=O)N(c3ccccc3)C2c2cccc(F)c2)cc1. The second-order valence-electron chi connectivity index (χ2n) is 6.93. The molecule has 1 N–H and O–H groups in total. The van der Waals surface area contributed by atoms with Gasteiger partial charge in [-0.2, -0.15) is 0 Å². The molecule has 0 spiro atoms. The van der Waals surface area contributed by atoms with Gasteiger partial charge in [-0.15, -0.1) is 0 Å². The first-order valence-corrected chi connectivity index (χ1v) is 9.16. The molecule has 0 aromatic heterocycles. The van der Waals surface area contributed by atoms with Crippen molar-refractivity contribution in [2.24, 2.45) is 0 Å². The largest absolute Gasteiger partial charge is 0.507 e. The van der Waals surface area contributed by atoms with Crippen molar-refractivity contribution in [1.82, 2.24) is 0 Å². The maximum atomic E-state index is 14.0. The number of aliphatic hydroxyl groups is 1. The number of rotatable bonds is 3. The van der Waals surface area contributed by atoms with Crippen molar-refractivity contribution >= 4 is 23.1 Å². The van der Waals surface area contributed by atoms with E-state index in [0.717, 1.165) is 5.56 Å². The lowest BCUT2D eigenvalue weighted by atomic mass is 9.95. The van der Waals surface area contributed by atoms with E-state index in [-0.39, 0.29) is 11.3 Å². The third kappa shape index (κ3) is 3.31. The maximum absolute atomic E-state index is 14.0. The summed E-state index contributed by atoms with van der Waals surface area (Å²) in [6.45, 7) is 1.91. The molecule has 0 saturated carbocycles. The molecule has 3 aromatic carbocycles. The molecule has 4 nitrogen and oxygen atoms in total. The Kier molecular flexibility index (Phi) is 4.72. The summed E-state index contributed by atoms with van der Waals surface area (Å²) in [4.78, 5) is 27.2. The van der Waals surface area contributed by atoms with Gasteiger partial charge in [0.15, 0.2) is 0 Å². The molecule has 3 aromatic rings. The molecule has 1 unspecified atom stereocenters. The van der Waals surface area contributed by atoms with Crippen molar-refractivity contribution in [2.75, 3.05) is 4.90 Å². The fourth-order valence-corrected chi connectivity index (χ4v) is 3.55. The van der Waals surface area contributed by atoms with E-state index in [0.29, 0.717) is 16.8 Å². The van der Waals surface area contributed by atoms with Crippen LogP contribution in [0, 0.1) is 12.7 Å². The molecule has 1 amide bonds. The number of carbonyl (C=O) groups excluding carboxylic acids is 2. The molecule has 0 bridgehead atoms. The highest BCUT2D eigenvalue weighted by Crippen LogP contribution is 2.42. The Morgan fingerprint density at radius 2 is 1.62 bits per heavy atom. The molecule has 5 heteroatoms. The normalized spacial score (nSPS) is 18.3. The standard InChI is InChI=1S/C24H18FNO3/c1-15-10-12-16(13-11-15)22(27)20-21(17-6-5-7-18(25)14-17)26(24(29)23(20)28)19-8-3-2-4-9-19/h2-14,21,27H,1H3. The smallest absolute Gasteiger partial charge is 0.300 e. The Hall–Kier alpha value is -3.73. The van der Waals surface area contributed by atoms with E-state index in [1.807, 2.05) is 6.92 Å².